The Kier molecular flexibility index (Phi) is 11.0. The van der Waals surface area contributed by atoms with Crippen LogP contribution in [0.2, 0.25) is 0 Å². The molecular weight excluding hydrogens is 848 g/mol. The minimum Gasteiger partial charge on any atom is -0.464 e. The summed E-state index contributed by atoms with van der Waals surface area (Å²) < 4.78 is 36.4. The number of methoxy groups -OCH3 is 1. The molecule has 65 heavy (non-hydrogen) atoms. The SMILES string of the molecule is COC(=O)N[C@H](C(=O)N1CCCC1c1ncc(-c2cc(F)c3c(c2)OC(c2ccc(CC4CC4)s2)n2c-3cc3cc(-c4cnc(C5CCCN5C(=O)OC(C)(C)C)[nH]4)ccc32)[nH]1)C(C)C. The Morgan fingerprint density at radius 2 is 1.60 bits per heavy atom. The van der Waals surface area contributed by atoms with E-state index in [1.165, 1.54) is 30.9 Å². The molecule has 3 amide bonds. The molecule has 3 N–H and O–H groups in total. The number of H-pyrrole nitrogens is 2. The molecule has 2 saturated heterocycles. The van der Waals surface area contributed by atoms with Crippen molar-refractivity contribution in [3.05, 3.63) is 88.1 Å². The minimum absolute atomic E-state index is 0.164. The van der Waals surface area contributed by atoms with Crippen LogP contribution in [-0.4, -0.2) is 84.2 Å². The maximum Gasteiger partial charge on any atom is 0.410 e. The first-order chi connectivity index (χ1) is 31.2. The molecule has 4 atom stereocenters. The quantitative estimate of drug-likeness (QED) is 0.123. The third kappa shape index (κ3) is 8.25. The number of halogens is 1. The van der Waals surface area contributed by atoms with E-state index in [0.717, 1.165) is 58.6 Å². The fraction of sp³-hybridized carbons (Fsp3) is 0.449. The first-order valence-electron chi connectivity index (χ1n) is 22.7. The number of ether oxygens (including phenoxy) is 3. The zero-order chi connectivity index (χ0) is 45.3. The van der Waals surface area contributed by atoms with Crippen LogP contribution in [0.15, 0.2) is 60.9 Å². The summed E-state index contributed by atoms with van der Waals surface area (Å²) in [6.07, 6.45) is 8.61. The number of amides is 3. The van der Waals surface area contributed by atoms with Gasteiger partial charge in [-0.2, -0.15) is 0 Å². The first kappa shape index (κ1) is 42.8. The van der Waals surface area contributed by atoms with Crippen LogP contribution in [-0.2, 0) is 20.7 Å². The van der Waals surface area contributed by atoms with Gasteiger partial charge in [0.2, 0.25) is 12.1 Å². The van der Waals surface area contributed by atoms with E-state index < -0.39 is 29.8 Å². The molecule has 4 aliphatic rings. The summed E-state index contributed by atoms with van der Waals surface area (Å²) in [5.74, 6) is 1.65. The monoisotopic (exact) mass is 902 g/mol. The predicted octanol–water partition coefficient (Wildman–Crippen LogP) is 10.3. The van der Waals surface area contributed by atoms with Crippen molar-refractivity contribution in [2.75, 3.05) is 20.2 Å². The second-order valence-corrected chi connectivity index (χ2v) is 20.4. The third-order valence-electron chi connectivity index (χ3n) is 13.0. The van der Waals surface area contributed by atoms with Crippen LogP contribution in [0.1, 0.15) is 113 Å². The van der Waals surface area contributed by atoms with E-state index in [-0.39, 0.29) is 30.0 Å². The minimum atomic E-state index is -0.758. The number of thiophene rings is 1. The summed E-state index contributed by atoms with van der Waals surface area (Å²) in [6.45, 7) is 10.5. The van der Waals surface area contributed by atoms with Crippen molar-refractivity contribution in [1.29, 1.82) is 0 Å². The van der Waals surface area contributed by atoms with Gasteiger partial charge in [-0.3, -0.25) is 14.3 Å². The molecule has 3 aliphatic heterocycles. The standard InChI is InChI=1S/C49H55FN8O6S/c1-26(2)42(55-47(60)62-6)45(59)56-17-7-9-36(56)43-52-25-34(54-43)29-21-32(50)41-38-22-30-20-28(33-24-51-44(53-33)37-10-8-18-57(37)48(61)64-49(3,4)5)13-15-35(30)58(38)46(63-39(41)23-29)40-16-14-31(65-40)19-27-11-12-27/h13-16,20-27,36-37,42,46H,7-12,17-19H2,1-6H3,(H,51,53)(H,52,54)(H,55,60)/t36?,37?,42-,46?/m0/s1. The van der Waals surface area contributed by atoms with Crippen molar-refractivity contribution < 1.29 is 33.0 Å². The second kappa shape index (κ2) is 16.7. The molecule has 7 heterocycles. The zero-order valence-electron chi connectivity index (χ0n) is 37.6. The van der Waals surface area contributed by atoms with Gasteiger partial charge in [0.1, 0.15) is 34.9 Å². The van der Waals surface area contributed by atoms with E-state index in [1.54, 1.807) is 33.5 Å². The molecule has 1 saturated carbocycles. The molecule has 14 nitrogen and oxygen atoms in total. The fourth-order valence-electron chi connectivity index (χ4n) is 9.62. The Morgan fingerprint density at radius 3 is 2.28 bits per heavy atom. The van der Waals surface area contributed by atoms with Crippen LogP contribution >= 0.6 is 11.3 Å². The lowest BCUT2D eigenvalue weighted by atomic mass is 10.0. The summed E-state index contributed by atoms with van der Waals surface area (Å²) in [4.78, 5) is 61.2. The average Bonchev–Trinajstić information content (AvgIpc) is 3.99. The number of carbonyl (C=O) groups is 3. The van der Waals surface area contributed by atoms with Gasteiger partial charge in [0, 0.05) is 34.5 Å². The number of hydrogen-bond donors (Lipinski definition) is 3. The molecule has 10 rings (SSSR count). The number of benzene rings is 2. The fourth-order valence-corrected chi connectivity index (χ4v) is 10.8. The highest BCUT2D eigenvalue weighted by Crippen LogP contribution is 2.49. The van der Waals surface area contributed by atoms with Crippen LogP contribution in [0, 0.1) is 17.7 Å². The zero-order valence-corrected chi connectivity index (χ0v) is 38.4. The Morgan fingerprint density at radius 1 is 0.908 bits per heavy atom. The number of nitrogens with one attached hydrogen (secondary N) is 3. The van der Waals surface area contributed by atoms with Crippen LogP contribution in [0.4, 0.5) is 14.0 Å². The van der Waals surface area contributed by atoms with Gasteiger partial charge in [-0.1, -0.05) is 19.9 Å². The molecule has 0 bridgehead atoms. The maximum atomic E-state index is 16.9. The van der Waals surface area contributed by atoms with Gasteiger partial charge in [0.25, 0.3) is 0 Å². The lowest BCUT2D eigenvalue weighted by Crippen LogP contribution is -2.51. The lowest BCUT2D eigenvalue weighted by Gasteiger charge is -2.30. The van der Waals surface area contributed by atoms with E-state index in [0.29, 0.717) is 59.4 Å². The third-order valence-corrected chi connectivity index (χ3v) is 14.1. The maximum absolute atomic E-state index is 16.9. The van der Waals surface area contributed by atoms with Crippen molar-refractivity contribution in [2.45, 2.75) is 110 Å². The van der Waals surface area contributed by atoms with Gasteiger partial charge in [-0.25, -0.2) is 23.9 Å². The van der Waals surface area contributed by atoms with Crippen LogP contribution in [0.3, 0.4) is 0 Å². The molecule has 1 aliphatic carbocycles. The number of fused-ring (bicyclic) bond motifs is 5. The van der Waals surface area contributed by atoms with E-state index in [1.807, 2.05) is 52.8 Å². The summed E-state index contributed by atoms with van der Waals surface area (Å²) in [5.41, 5.74) is 4.28. The Balaban J connectivity index is 0.976. The van der Waals surface area contributed by atoms with E-state index in [9.17, 15) is 14.4 Å². The molecule has 16 heteroatoms. The highest BCUT2D eigenvalue weighted by Gasteiger charge is 2.39. The van der Waals surface area contributed by atoms with E-state index in [2.05, 4.69) is 44.1 Å². The van der Waals surface area contributed by atoms with Gasteiger partial charge in [-0.15, -0.1) is 11.3 Å². The van der Waals surface area contributed by atoms with Gasteiger partial charge >= 0.3 is 12.2 Å². The van der Waals surface area contributed by atoms with Crippen molar-refractivity contribution in [3.63, 3.8) is 0 Å². The highest BCUT2D eigenvalue weighted by atomic mass is 32.1. The van der Waals surface area contributed by atoms with Crippen molar-refractivity contribution >= 4 is 40.3 Å². The topological polar surface area (TPSA) is 160 Å². The molecule has 3 fully saturated rings. The Labute approximate surface area is 380 Å². The smallest absolute Gasteiger partial charge is 0.410 e. The average molecular weight is 903 g/mol. The summed E-state index contributed by atoms with van der Waals surface area (Å²) >= 11 is 1.74. The number of likely N-dealkylation sites (tertiary alicyclic amines) is 2. The van der Waals surface area contributed by atoms with Crippen LogP contribution < -0.4 is 10.1 Å². The number of carbonyl (C=O) groups excluding carboxylic acids is 3. The molecule has 0 radical (unpaired) electrons. The normalized spacial score (nSPS) is 19.9. The molecule has 4 aromatic heterocycles. The summed E-state index contributed by atoms with van der Waals surface area (Å²) in [6, 6.07) is 14.6. The van der Waals surface area contributed by atoms with E-state index in [4.69, 9.17) is 24.2 Å². The van der Waals surface area contributed by atoms with Crippen molar-refractivity contribution in [2.24, 2.45) is 11.8 Å². The molecule has 3 unspecified atom stereocenters. The number of aromatic amines is 2. The highest BCUT2D eigenvalue weighted by molar-refractivity contribution is 7.12. The number of aromatic nitrogens is 5. The number of hydrogen-bond acceptors (Lipinski definition) is 9. The molecule has 340 valence electrons. The van der Waals surface area contributed by atoms with Crippen molar-refractivity contribution in [1.82, 2.24) is 39.6 Å². The summed E-state index contributed by atoms with van der Waals surface area (Å²) in [7, 11) is 1.28. The van der Waals surface area contributed by atoms with Gasteiger partial charge in [0.15, 0.2) is 0 Å². The van der Waals surface area contributed by atoms with Crippen LogP contribution in [0.5, 0.6) is 5.75 Å². The van der Waals surface area contributed by atoms with E-state index >= 15 is 4.39 Å². The molecular formula is C49H55FN8O6S. The lowest BCUT2D eigenvalue weighted by molar-refractivity contribution is -0.135. The Bertz CT molecular complexity index is 2800. The molecule has 2 aromatic carbocycles. The van der Waals surface area contributed by atoms with Crippen LogP contribution in [0.25, 0.3) is 44.7 Å². The van der Waals surface area contributed by atoms with Gasteiger partial charge in [-0.05, 0) is 120 Å². The number of rotatable bonds is 10. The predicted molar refractivity (Wildman–Crippen MR) is 245 cm³/mol. The Hall–Kier alpha value is -6.16. The number of alkyl carbamates (subject to hydrolysis) is 1. The number of imidazole rings is 2. The number of nitrogens with zero attached hydrogens (tertiary/aromatic N) is 5. The second-order valence-electron chi connectivity index (χ2n) is 19.2. The first-order valence-corrected chi connectivity index (χ1v) is 23.5. The largest absolute Gasteiger partial charge is 0.464 e. The van der Waals surface area contributed by atoms with Gasteiger partial charge < -0.3 is 34.4 Å². The molecule has 0 spiro atoms. The van der Waals surface area contributed by atoms with Gasteiger partial charge in [0.05, 0.1) is 64.6 Å². The molecule has 6 aromatic rings. The van der Waals surface area contributed by atoms with Crippen molar-refractivity contribution in [3.8, 4) is 39.5 Å². The summed E-state index contributed by atoms with van der Waals surface area (Å²) in [5, 5.41) is 3.61.